The lowest BCUT2D eigenvalue weighted by molar-refractivity contribution is 0.323. The molecule has 8 heteroatoms. The lowest BCUT2D eigenvalue weighted by Gasteiger charge is -2.26. The number of rotatable bonds is 6. The van der Waals surface area contributed by atoms with Crippen molar-refractivity contribution in [2.45, 2.75) is 31.1 Å². The summed E-state index contributed by atoms with van der Waals surface area (Å²) in [6.45, 7) is 3.20. The SMILES string of the molecule is CCOc1ccc(N=Cc2cc(Cl)ccc2O)cc1S(=O)(=O)N1CCCCC1. The molecule has 0 saturated carbocycles. The molecule has 0 unspecified atom stereocenters. The lowest BCUT2D eigenvalue weighted by Crippen LogP contribution is -2.35. The summed E-state index contributed by atoms with van der Waals surface area (Å²) in [7, 11) is -3.67. The van der Waals surface area contributed by atoms with Crippen molar-refractivity contribution < 1.29 is 18.3 Å². The van der Waals surface area contributed by atoms with Gasteiger partial charge in [0.15, 0.2) is 0 Å². The molecule has 2 aromatic carbocycles. The fraction of sp³-hybridized carbons (Fsp3) is 0.350. The van der Waals surface area contributed by atoms with E-state index in [9.17, 15) is 13.5 Å². The van der Waals surface area contributed by atoms with Gasteiger partial charge in [-0.15, -0.1) is 0 Å². The van der Waals surface area contributed by atoms with Gasteiger partial charge in [-0.05, 0) is 56.2 Å². The Morgan fingerprint density at radius 3 is 2.64 bits per heavy atom. The Morgan fingerprint density at radius 2 is 1.93 bits per heavy atom. The number of benzene rings is 2. The van der Waals surface area contributed by atoms with Crippen molar-refractivity contribution in [1.29, 1.82) is 0 Å². The van der Waals surface area contributed by atoms with E-state index in [1.54, 1.807) is 24.3 Å². The van der Waals surface area contributed by atoms with E-state index in [1.165, 1.54) is 22.7 Å². The Bertz CT molecular complexity index is 970. The molecule has 1 aliphatic rings. The molecule has 3 rings (SSSR count). The quantitative estimate of drug-likeness (QED) is 0.701. The van der Waals surface area contributed by atoms with Crippen LogP contribution >= 0.6 is 11.6 Å². The minimum Gasteiger partial charge on any atom is -0.507 e. The van der Waals surface area contributed by atoms with E-state index in [2.05, 4.69) is 4.99 Å². The van der Waals surface area contributed by atoms with E-state index in [1.807, 2.05) is 6.92 Å². The molecule has 1 N–H and O–H groups in total. The van der Waals surface area contributed by atoms with Crippen LogP contribution in [0.3, 0.4) is 0 Å². The number of halogens is 1. The zero-order valence-electron chi connectivity index (χ0n) is 15.6. The molecule has 1 saturated heterocycles. The molecule has 28 heavy (non-hydrogen) atoms. The van der Waals surface area contributed by atoms with Gasteiger partial charge in [0.2, 0.25) is 10.0 Å². The monoisotopic (exact) mass is 422 g/mol. The summed E-state index contributed by atoms with van der Waals surface area (Å²) in [4.78, 5) is 4.43. The largest absolute Gasteiger partial charge is 0.507 e. The molecule has 6 nitrogen and oxygen atoms in total. The van der Waals surface area contributed by atoms with Gasteiger partial charge in [-0.25, -0.2) is 8.42 Å². The van der Waals surface area contributed by atoms with Crippen LogP contribution in [-0.4, -0.2) is 43.7 Å². The van der Waals surface area contributed by atoms with Gasteiger partial charge in [0, 0.05) is 29.9 Å². The summed E-state index contributed by atoms with van der Waals surface area (Å²) in [5.41, 5.74) is 0.889. The molecule has 0 aliphatic carbocycles. The number of hydrogen-bond acceptors (Lipinski definition) is 5. The third-order valence-electron chi connectivity index (χ3n) is 4.50. The van der Waals surface area contributed by atoms with Crippen LogP contribution in [0.1, 0.15) is 31.7 Å². The van der Waals surface area contributed by atoms with Crippen molar-refractivity contribution in [3.63, 3.8) is 0 Å². The first kappa shape index (κ1) is 20.6. The van der Waals surface area contributed by atoms with Crippen molar-refractivity contribution in [2.75, 3.05) is 19.7 Å². The maximum Gasteiger partial charge on any atom is 0.246 e. The highest BCUT2D eigenvalue weighted by atomic mass is 35.5. The average Bonchev–Trinajstić information content (AvgIpc) is 2.70. The fourth-order valence-corrected chi connectivity index (χ4v) is 4.92. The topological polar surface area (TPSA) is 79.2 Å². The molecule has 1 heterocycles. The Hall–Kier alpha value is -2.09. The minimum atomic E-state index is -3.67. The standard InChI is InChI=1S/C20H23ClN2O4S/c1-2-27-19-9-7-17(22-14-15-12-16(21)6-8-18(15)24)13-20(19)28(25,26)23-10-4-3-5-11-23/h6-9,12-14,24H,2-5,10-11H2,1H3. The third-order valence-corrected chi connectivity index (χ3v) is 6.66. The molecule has 0 spiro atoms. The van der Waals surface area contributed by atoms with Crippen LogP contribution in [0.25, 0.3) is 0 Å². The Labute approximate surface area is 170 Å². The van der Waals surface area contributed by atoms with E-state index < -0.39 is 10.0 Å². The van der Waals surface area contributed by atoms with Crippen molar-refractivity contribution >= 4 is 33.5 Å². The summed E-state index contributed by atoms with van der Waals surface area (Å²) >= 11 is 5.95. The van der Waals surface area contributed by atoms with Gasteiger partial charge in [0.1, 0.15) is 16.4 Å². The number of hydrogen-bond donors (Lipinski definition) is 1. The number of ether oxygens (including phenoxy) is 1. The highest BCUT2D eigenvalue weighted by molar-refractivity contribution is 7.89. The molecule has 150 valence electrons. The zero-order chi connectivity index (χ0) is 20.1. The highest BCUT2D eigenvalue weighted by Gasteiger charge is 2.29. The molecular formula is C20H23ClN2O4S. The number of aliphatic imine (C=N–C) groups is 1. The number of aromatic hydroxyl groups is 1. The summed E-state index contributed by atoms with van der Waals surface area (Å²) in [6.07, 6.45) is 4.20. The predicted octanol–water partition coefficient (Wildman–Crippen LogP) is 4.37. The predicted molar refractivity (Wildman–Crippen MR) is 111 cm³/mol. The normalized spacial score (nSPS) is 15.8. The van der Waals surface area contributed by atoms with Gasteiger partial charge >= 0.3 is 0 Å². The lowest BCUT2D eigenvalue weighted by atomic mass is 10.2. The van der Waals surface area contributed by atoms with Gasteiger partial charge in [0.05, 0.1) is 12.3 Å². The second kappa shape index (κ2) is 8.94. The van der Waals surface area contributed by atoms with Crippen LogP contribution in [0.2, 0.25) is 5.02 Å². The van der Waals surface area contributed by atoms with Gasteiger partial charge in [-0.1, -0.05) is 18.0 Å². The molecule has 0 amide bonds. The van der Waals surface area contributed by atoms with Crippen LogP contribution in [0.15, 0.2) is 46.3 Å². The number of phenols is 1. The fourth-order valence-electron chi connectivity index (χ4n) is 3.07. The maximum absolute atomic E-state index is 13.1. The number of nitrogens with zero attached hydrogens (tertiary/aromatic N) is 2. The molecule has 0 atom stereocenters. The number of sulfonamides is 1. The summed E-state index contributed by atoms with van der Waals surface area (Å²) < 4.78 is 33.3. The van der Waals surface area contributed by atoms with Crippen LogP contribution in [0, 0.1) is 0 Å². The average molecular weight is 423 g/mol. The van der Waals surface area contributed by atoms with E-state index in [0.29, 0.717) is 41.7 Å². The van der Waals surface area contributed by atoms with E-state index in [0.717, 1.165) is 19.3 Å². The summed E-state index contributed by atoms with van der Waals surface area (Å²) in [5.74, 6) is 0.359. The van der Waals surface area contributed by atoms with Crippen LogP contribution in [0.5, 0.6) is 11.5 Å². The van der Waals surface area contributed by atoms with Crippen molar-refractivity contribution in [2.24, 2.45) is 4.99 Å². The number of piperidine rings is 1. The van der Waals surface area contributed by atoms with E-state index in [4.69, 9.17) is 16.3 Å². The van der Waals surface area contributed by atoms with Crippen molar-refractivity contribution in [3.8, 4) is 11.5 Å². The van der Waals surface area contributed by atoms with Gasteiger partial charge < -0.3 is 9.84 Å². The first-order chi connectivity index (χ1) is 13.4. The molecule has 2 aromatic rings. The maximum atomic E-state index is 13.1. The van der Waals surface area contributed by atoms with E-state index >= 15 is 0 Å². The highest BCUT2D eigenvalue weighted by Crippen LogP contribution is 2.32. The van der Waals surface area contributed by atoms with Gasteiger partial charge in [-0.2, -0.15) is 4.31 Å². The number of phenolic OH excluding ortho intramolecular Hbond substituents is 1. The van der Waals surface area contributed by atoms with Crippen LogP contribution in [0.4, 0.5) is 5.69 Å². The minimum absolute atomic E-state index is 0.0419. The molecule has 0 radical (unpaired) electrons. The van der Waals surface area contributed by atoms with Gasteiger partial charge in [0.25, 0.3) is 0 Å². The second-order valence-electron chi connectivity index (χ2n) is 6.49. The Morgan fingerprint density at radius 1 is 1.18 bits per heavy atom. The summed E-state index contributed by atoms with van der Waals surface area (Å²) in [5, 5.41) is 10.4. The Kier molecular flexibility index (Phi) is 6.59. The first-order valence-corrected chi connectivity index (χ1v) is 11.0. The zero-order valence-corrected chi connectivity index (χ0v) is 17.2. The smallest absolute Gasteiger partial charge is 0.246 e. The second-order valence-corrected chi connectivity index (χ2v) is 8.83. The van der Waals surface area contributed by atoms with Gasteiger partial charge in [-0.3, -0.25) is 4.99 Å². The van der Waals surface area contributed by atoms with Crippen molar-refractivity contribution in [3.05, 3.63) is 47.0 Å². The molecule has 1 aliphatic heterocycles. The first-order valence-electron chi connectivity index (χ1n) is 9.21. The van der Waals surface area contributed by atoms with Crippen LogP contribution in [-0.2, 0) is 10.0 Å². The van der Waals surface area contributed by atoms with Crippen LogP contribution < -0.4 is 4.74 Å². The Balaban J connectivity index is 1.97. The third kappa shape index (κ3) is 4.66. The van der Waals surface area contributed by atoms with Crippen molar-refractivity contribution in [1.82, 2.24) is 4.31 Å². The molecular weight excluding hydrogens is 400 g/mol. The molecule has 0 aromatic heterocycles. The molecule has 1 fully saturated rings. The van der Waals surface area contributed by atoms with E-state index in [-0.39, 0.29) is 10.6 Å². The summed E-state index contributed by atoms with van der Waals surface area (Å²) in [6, 6.07) is 9.44. The molecule has 0 bridgehead atoms.